The second-order valence-electron chi connectivity index (χ2n) is 5.87. The Balaban J connectivity index is 1.77. The lowest BCUT2D eigenvalue weighted by molar-refractivity contribution is -0.128. The Labute approximate surface area is 120 Å². The van der Waals surface area contributed by atoms with Crippen LogP contribution >= 0.6 is 0 Å². The van der Waals surface area contributed by atoms with Gasteiger partial charge >= 0.3 is 0 Å². The first-order valence-corrected chi connectivity index (χ1v) is 8.95. The molecule has 0 aromatic rings. The molecule has 0 bridgehead atoms. The summed E-state index contributed by atoms with van der Waals surface area (Å²) in [6, 6.07) is 0. The Hall–Kier alpha value is -0.660. The third kappa shape index (κ3) is 3.51. The van der Waals surface area contributed by atoms with Crippen LogP contribution in [0.2, 0.25) is 0 Å². The average molecular weight is 304 g/mol. The van der Waals surface area contributed by atoms with Gasteiger partial charge in [-0.15, -0.1) is 0 Å². The van der Waals surface area contributed by atoms with Gasteiger partial charge in [-0.2, -0.15) is 0 Å². The molecule has 1 aliphatic heterocycles. The number of piperidine rings is 1. The zero-order chi connectivity index (χ0) is 14.8. The topological polar surface area (TPSA) is 86.7 Å². The molecule has 1 heterocycles. The van der Waals surface area contributed by atoms with Crippen molar-refractivity contribution in [1.82, 2.24) is 9.62 Å². The van der Waals surface area contributed by atoms with E-state index in [0.29, 0.717) is 32.5 Å². The average Bonchev–Trinajstić information content (AvgIpc) is 2.42. The van der Waals surface area contributed by atoms with E-state index in [2.05, 4.69) is 5.32 Å². The molecule has 20 heavy (non-hydrogen) atoms. The molecule has 1 saturated heterocycles. The van der Waals surface area contributed by atoms with E-state index in [4.69, 9.17) is 0 Å². The molecule has 2 aliphatic rings. The SMILES string of the molecule is CCS(=O)(=O)N1CCC(C(=O)NCC2(O)CCC2)CC1. The van der Waals surface area contributed by atoms with Crippen LogP contribution in [0.1, 0.15) is 39.0 Å². The van der Waals surface area contributed by atoms with Crippen molar-refractivity contribution in [1.29, 1.82) is 0 Å². The summed E-state index contributed by atoms with van der Waals surface area (Å²) in [6.45, 7) is 2.78. The number of hydrogen-bond acceptors (Lipinski definition) is 4. The first kappa shape index (κ1) is 15.7. The molecule has 1 aliphatic carbocycles. The molecule has 0 aromatic carbocycles. The fourth-order valence-electron chi connectivity index (χ4n) is 2.74. The van der Waals surface area contributed by atoms with Gasteiger partial charge in [0.05, 0.1) is 11.4 Å². The Bertz CT molecular complexity index is 451. The van der Waals surface area contributed by atoms with E-state index >= 15 is 0 Å². The van der Waals surface area contributed by atoms with Crippen LogP contribution in [0.5, 0.6) is 0 Å². The fourth-order valence-corrected chi connectivity index (χ4v) is 3.87. The minimum Gasteiger partial charge on any atom is -0.388 e. The highest BCUT2D eigenvalue weighted by molar-refractivity contribution is 7.89. The molecule has 6 nitrogen and oxygen atoms in total. The smallest absolute Gasteiger partial charge is 0.223 e. The lowest BCUT2D eigenvalue weighted by atomic mass is 9.80. The molecular formula is C13H24N2O4S. The Morgan fingerprint density at radius 2 is 1.95 bits per heavy atom. The number of carbonyl (C=O) groups excluding carboxylic acids is 1. The summed E-state index contributed by atoms with van der Waals surface area (Å²) in [6.07, 6.45) is 3.63. The molecule has 2 fully saturated rings. The summed E-state index contributed by atoms with van der Waals surface area (Å²) >= 11 is 0. The van der Waals surface area contributed by atoms with Crippen molar-refractivity contribution in [2.45, 2.75) is 44.6 Å². The van der Waals surface area contributed by atoms with Crippen molar-refractivity contribution in [3.8, 4) is 0 Å². The number of carbonyl (C=O) groups is 1. The number of hydrogen-bond donors (Lipinski definition) is 2. The standard InChI is InChI=1S/C13H24N2O4S/c1-2-20(18,19)15-8-4-11(5-9-15)12(16)14-10-13(17)6-3-7-13/h11,17H,2-10H2,1H3,(H,14,16). The van der Waals surface area contributed by atoms with Crippen LogP contribution < -0.4 is 5.32 Å². The van der Waals surface area contributed by atoms with Gasteiger partial charge < -0.3 is 10.4 Å². The molecule has 0 unspecified atom stereocenters. The number of rotatable bonds is 5. The summed E-state index contributed by atoms with van der Waals surface area (Å²) in [5, 5.41) is 12.7. The zero-order valence-corrected chi connectivity index (χ0v) is 12.8. The van der Waals surface area contributed by atoms with Crippen molar-refractivity contribution in [2.24, 2.45) is 5.92 Å². The highest BCUT2D eigenvalue weighted by Crippen LogP contribution is 2.30. The van der Waals surface area contributed by atoms with Crippen molar-refractivity contribution in [3.63, 3.8) is 0 Å². The van der Waals surface area contributed by atoms with Crippen LogP contribution in [-0.4, -0.2) is 54.7 Å². The van der Waals surface area contributed by atoms with E-state index in [1.807, 2.05) is 0 Å². The molecule has 0 spiro atoms. The van der Waals surface area contributed by atoms with E-state index in [1.54, 1.807) is 6.92 Å². The largest absolute Gasteiger partial charge is 0.388 e. The van der Waals surface area contributed by atoms with Gasteiger partial charge in [-0.05, 0) is 39.0 Å². The van der Waals surface area contributed by atoms with Gasteiger partial charge in [-0.1, -0.05) is 0 Å². The second kappa shape index (κ2) is 5.99. The Kier molecular flexibility index (Phi) is 4.71. The molecule has 7 heteroatoms. The number of nitrogens with one attached hydrogen (secondary N) is 1. The summed E-state index contributed by atoms with van der Waals surface area (Å²) < 4.78 is 24.9. The normalized spacial score (nSPS) is 24.1. The maximum absolute atomic E-state index is 12.0. The first-order valence-electron chi connectivity index (χ1n) is 7.34. The number of aliphatic hydroxyl groups is 1. The maximum Gasteiger partial charge on any atom is 0.223 e. The highest BCUT2D eigenvalue weighted by atomic mass is 32.2. The predicted octanol–water partition coefficient (Wildman–Crippen LogP) is 0.0793. The molecular weight excluding hydrogens is 280 g/mol. The molecule has 1 saturated carbocycles. The number of amides is 1. The van der Waals surface area contributed by atoms with Crippen molar-refractivity contribution < 1.29 is 18.3 Å². The minimum atomic E-state index is -3.14. The van der Waals surface area contributed by atoms with Crippen molar-refractivity contribution in [3.05, 3.63) is 0 Å². The van der Waals surface area contributed by atoms with Gasteiger partial charge in [0.25, 0.3) is 0 Å². The third-order valence-electron chi connectivity index (χ3n) is 4.46. The Morgan fingerprint density at radius 3 is 2.40 bits per heavy atom. The van der Waals surface area contributed by atoms with Crippen LogP contribution in [0.4, 0.5) is 0 Å². The summed E-state index contributed by atoms with van der Waals surface area (Å²) in [7, 11) is -3.14. The van der Waals surface area contributed by atoms with E-state index < -0.39 is 15.6 Å². The highest BCUT2D eigenvalue weighted by Gasteiger charge is 2.36. The van der Waals surface area contributed by atoms with Gasteiger partial charge in [0.2, 0.25) is 15.9 Å². The van der Waals surface area contributed by atoms with Crippen molar-refractivity contribution >= 4 is 15.9 Å². The third-order valence-corrected chi connectivity index (χ3v) is 6.34. The van der Waals surface area contributed by atoms with Gasteiger partial charge in [0, 0.05) is 25.6 Å². The number of sulfonamides is 1. The molecule has 0 atom stereocenters. The first-order chi connectivity index (χ1) is 9.36. The van der Waals surface area contributed by atoms with E-state index in [0.717, 1.165) is 19.3 Å². The predicted molar refractivity (Wildman–Crippen MR) is 75.6 cm³/mol. The summed E-state index contributed by atoms with van der Waals surface area (Å²) in [5.41, 5.74) is -0.706. The quantitative estimate of drug-likeness (QED) is 0.753. The molecule has 2 rings (SSSR count). The van der Waals surface area contributed by atoms with Crippen LogP contribution in [-0.2, 0) is 14.8 Å². The lowest BCUT2D eigenvalue weighted by Crippen LogP contribution is -2.50. The molecule has 1 amide bonds. The van der Waals surface area contributed by atoms with Gasteiger partial charge in [0.15, 0.2) is 0 Å². The second-order valence-corrected chi connectivity index (χ2v) is 8.13. The van der Waals surface area contributed by atoms with Crippen LogP contribution in [0, 0.1) is 5.92 Å². The van der Waals surface area contributed by atoms with Crippen LogP contribution in [0.15, 0.2) is 0 Å². The van der Waals surface area contributed by atoms with Gasteiger partial charge in [0.1, 0.15) is 0 Å². The maximum atomic E-state index is 12.0. The van der Waals surface area contributed by atoms with Crippen LogP contribution in [0.25, 0.3) is 0 Å². The molecule has 0 aromatic heterocycles. The molecule has 2 N–H and O–H groups in total. The number of nitrogens with zero attached hydrogens (tertiary/aromatic N) is 1. The van der Waals surface area contributed by atoms with Gasteiger partial charge in [-0.3, -0.25) is 4.79 Å². The lowest BCUT2D eigenvalue weighted by Gasteiger charge is -2.37. The zero-order valence-electron chi connectivity index (χ0n) is 12.0. The monoisotopic (exact) mass is 304 g/mol. The minimum absolute atomic E-state index is 0.0566. The summed E-state index contributed by atoms with van der Waals surface area (Å²) in [5.74, 6) is -0.0856. The van der Waals surface area contributed by atoms with E-state index in [-0.39, 0.29) is 17.6 Å². The van der Waals surface area contributed by atoms with E-state index in [9.17, 15) is 18.3 Å². The summed E-state index contributed by atoms with van der Waals surface area (Å²) in [4.78, 5) is 12.0. The van der Waals surface area contributed by atoms with E-state index in [1.165, 1.54) is 4.31 Å². The molecule has 116 valence electrons. The van der Waals surface area contributed by atoms with Crippen LogP contribution in [0.3, 0.4) is 0 Å². The van der Waals surface area contributed by atoms with Gasteiger partial charge in [-0.25, -0.2) is 12.7 Å². The molecule has 0 radical (unpaired) electrons. The van der Waals surface area contributed by atoms with Crippen molar-refractivity contribution in [2.75, 3.05) is 25.4 Å². The Morgan fingerprint density at radius 1 is 1.35 bits per heavy atom. The fraction of sp³-hybridized carbons (Fsp3) is 0.923.